The highest BCUT2D eigenvalue weighted by atomic mass is 127. The van der Waals surface area contributed by atoms with Crippen molar-refractivity contribution in [1.29, 1.82) is 0 Å². The molecule has 0 aliphatic rings. The predicted octanol–water partition coefficient (Wildman–Crippen LogP) is 4.65. The van der Waals surface area contributed by atoms with Crippen LogP contribution < -0.4 is 0 Å². The quantitative estimate of drug-likeness (QED) is 0.434. The van der Waals surface area contributed by atoms with Crippen LogP contribution in [-0.4, -0.2) is 16.5 Å². The molecule has 21 heavy (non-hydrogen) atoms. The Morgan fingerprint density at radius 2 is 1.67 bits per heavy atom. The second-order valence-corrected chi connectivity index (χ2v) is 6.30. The second-order valence-electron chi connectivity index (χ2n) is 5.05. The van der Waals surface area contributed by atoms with Crippen LogP contribution in [0.2, 0.25) is 0 Å². The molecule has 0 unspecified atom stereocenters. The number of aliphatic imine (C=N–C) groups is 1. The van der Waals surface area contributed by atoms with Gasteiger partial charge >= 0.3 is 0 Å². The maximum absolute atomic E-state index is 11.4. The van der Waals surface area contributed by atoms with Crippen LogP contribution >= 0.6 is 22.6 Å². The minimum Gasteiger partial charge on any atom is -0.293 e. The summed E-state index contributed by atoms with van der Waals surface area (Å²) in [4.78, 5) is 20.5. The van der Waals surface area contributed by atoms with Gasteiger partial charge in [0.25, 0.3) is 0 Å². The van der Waals surface area contributed by atoms with Crippen molar-refractivity contribution in [2.45, 2.75) is 27.7 Å². The van der Waals surface area contributed by atoms with Gasteiger partial charge in [-0.1, -0.05) is 6.07 Å². The van der Waals surface area contributed by atoms with E-state index >= 15 is 0 Å². The van der Waals surface area contributed by atoms with Crippen molar-refractivity contribution in [2.75, 3.05) is 0 Å². The number of aryl methyl sites for hydroxylation is 2. The molecule has 1 heterocycles. The lowest BCUT2D eigenvalue weighted by Crippen LogP contribution is -2.04. The topological polar surface area (TPSA) is 42.3 Å². The molecule has 108 valence electrons. The van der Waals surface area contributed by atoms with E-state index in [2.05, 4.69) is 53.6 Å². The number of pyridine rings is 1. The third kappa shape index (κ3) is 3.75. The molecule has 0 aliphatic heterocycles. The van der Waals surface area contributed by atoms with Gasteiger partial charge in [0.15, 0.2) is 5.78 Å². The van der Waals surface area contributed by atoms with Gasteiger partial charge in [-0.05, 0) is 78.8 Å². The molecule has 1 aromatic carbocycles. The van der Waals surface area contributed by atoms with Crippen molar-refractivity contribution in [3.05, 3.63) is 56.4 Å². The van der Waals surface area contributed by atoms with Gasteiger partial charge in [0.05, 0.1) is 17.1 Å². The molecule has 3 nitrogen and oxygen atoms in total. The van der Waals surface area contributed by atoms with E-state index in [0.717, 1.165) is 28.2 Å². The number of carbonyl (C=O) groups is 1. The van der Waals surface area contributed by atoms with E-state index in [4.69, 9.17) is 4.99 Å². The zero-order valence-corrected chi connectivity index (χ0v) is 14.7. The Kier molecular flexibility index (Phi) is 4.88. The van der Waals surface area contributed by atoms with Crippen molar-refractivity contribution in [3.8, 4) is 0 Å². The number of nitrogens with zero attached hydrogens (tertiary/aromatic N) is 2. The van der Waals surface area contributed by atoms with Gasteiger partial charge in [0, 0.05) is 10.5 Å². The summed E-state index contributed by atoms with van der Waals surface area (Å²) in [6.45, 7) is 7.55. The minimum atomic E-state index is -0.0359. The highest BCUT2D eigenvalue weighted by Crippen LogP contribution is 2.26. The first-order valence-electron chi connectivity index (χ1n) is 6.69. The van der Waals surface area contributed by atoms with Gasteiger partial charge in [0.2, 0.25) is 0 Å². The SMILES string of the molecule is CC(=O)c1cccc(C(C)=Nc2c(C)cc(I)cc2C)n1. The molecular formula is C17H17IN2O. The normalized spacial score (nSPS) is 11.6. The smallest absolute Gasteiger partial charge is 0.178 e. The van der Waals surface area contributed by atoms with Crippen LogP contribution in [0.25, 0.3) is 0 Å². The average Bonchev–Trinajstić information content (AvgIpc) is 2.42. The van der Waals surface area contributed by atoms with Gasteiger partial charge in [-0.15, -0.1) is 0 Å². The molecule has 0 bridgehead atoms. The standard InChI is InChI=1S/C17H17IN2O/c1-10-8-14(18)9-11(2)17(10)19-12(3)15-6-5-7-16(20-15)13(4)21/h5-9H,1-4H3. The lowest BCUT2D eigenvalue weighted by atomic mass is 10.1. The van der Waals surface area contributed by atoms with Crippen molar-refractivity contribution in [2.24, 2.45) is 4.99 Å². The van der Waals surface area contributed by atoms with Gasteiger partial charge in [0.1, 0.15) is 5.69 Å². The Labute approximate surface area is 138 Å². The monoisotopic (exact) mass is 392 g/mol. The molecule has 0 radical (unpaired) electrons. The van der Waals surface area contributed by atoms with Crippen molar-refractivity contribution < 1.29 is 4.79 Å². The number of ketones is 1. The molecule has 0 N–H and O–H groups in total. The number of hydrogen-bond donors (Lipinski definition) is 0. The summed E-state index contributed by atoms with van der Waals surface area (Å²) in [6, 6.07) is 9.66. The predicted molar refractivity (Wildman–Crippen MR) is 94.7 cm³/mol. The van der Waals surface area contributed by atoms with Crippen LogP contribution in [0.1, 0.15) is 41.2 Å². The zero-order valence-electron chi connectivity index (χ0n) is 12.6. The van der Waals surface area contributed by atoms with Crippen LogP contribution in [0.4, 0.5) is 5.69 Å². The lowest BCUT2D eigenvalue weighted by molar-refractivity contribution is 0.101. The largest absolute Gasteiger partial charge is 0.293 e. The fourth-order valence-corrected chi connectivity index (χ4v) is 3.07. The van der Waals surface area contributed by atoms with E-state index in [0.29, 0.717) is 5.69 Å². The fraction of sp³-hybridized carbons (Fsp3) is 0.235. The van der Waals surface area contributed by atoms with E-state index in [-0.39, 0.29) is 5.78 Å². The summed E-state index contributed by atoms with van der Waals surface area (Å²) in [5.74, 6) is -0.0359. The molecule has 1 aromatic heterocycles. The van der Waals surface area contributed by atoms with E-state index in [1.165, 1.54) is 10.5 Å². The van der Waals surface area contributed by atoms with E-state index < -0.39 is 0 Å². The zero-order chi connectivity index (χ0) is 15.6. The lowest BCUT2D eigenvalue weighted by Gasteiger charge is -2.08. The van der Waals surface area contributed by atoms with E-state index in [1.807, 2.05) is 19.1 Å². The van der Waals surface area contributed by atoms with Crippen molar-refractivity contribution in [1.82, 2.24) is 4.98 Å². The third-order valence-electron chi connectivity index (χ3n) is 3.22. The van der Waals surface area contributed by atoms with Crippen molar-refractivity contribution >= 4 is 39.8 Å². The summed E-state index contributed by atoms with van der Waals surface area (Å²) >= 11 is 2.31. The summed E-state index contributed by atoms with van der Waals surface area (Å²) < 4.78 is 1.20. The first-order chi connectivity index (χ1) is 9.88. The number of benzene rings is 1. The molecule has 0 spiro atoms. The summed E-state index contributed by atoms with van der Waals surface area (Å²) in [7, 11) is 0. The number of halogens is 1. The van der Waals surface area contributed by atoms with Gasteiger partial charge in [-0.2, -0.15) is 0 Å². The number of hydrogen-bond acceptors (Lipinski definition) is 3. The van der Waals surface area contributed by atoms with Crippen LogP contribution in [0.5, 0.6) is 0 Å². The molecule has 0 atom stereocenters. The fourth-order valence-electron chi connectivity index (χ4n) is 2.14. The Hall–Kier alpha value is -1.56. The maximum atomic E-state index is 11.4. The van der Waals surface area contributed by atoms with Gasteiger partial charge in [-0.3, -0.25) is 9.79 Å². The van der Waals surface area contributed by atoms with Crippen molar-refractivity contribution in [3.63, 3.8) is 0 Å². The number of carbonyl (C=O) groups excluding carboxylic acids is 1. The Bertz CT molecular complexity index is 712. The highest BCUT2D eigenvalue weighted by molar-refractivity contribution is 14.1. The second kappa shape index (κ2) is 6.47. The van der Waals surface area contributed by atoms with Crippen LogP contribution in [0, 0.1) is 17.4 Å². The minimum absolute atomic E-state index is 0.0359. The number of rotatable bonds is 3. The molecule has 0 fully saturated rings. The summed E-state index contributed by atoms with van der Waals surface area (Å²) in [6.07, 6.45) is 0. The molecule has 2 rings (SSSR count). The van der Waals surface area contributed by atoms with Gasteiger partial charge < -0.3 is 0 Å². The van der Waals surface area contributed by atoms with Gasteiger partial charge in [-0.25, -0.2) is 4.98 Å². The third-order valence-corrected chi connectivity index (χ3v) is 3.84. The molecule has 0 amide bonds. The van der Waals surface area contributed by atoms with Crippen LogP contribution in [-0.2, 0) is 0 Å². The Morgan fingerprint density at radius 3 is 2.24 bits per heavy atom. The Morgan fingerprint density at radius 1 is 1.10 bits per heavy atom. The molecular weight excluding hydrogens is 375 g/mol. The van der Waals surface area contributed by atoms with E-state index in [1.54, 1.807) is 6.07 Å². The maximum Gasteiger partial charge on any atom is 0.178 e. The first kappa shape index (κ1) is 15.8. The van der Waals surface area contributed by atoms with E-state index in [9.17, 15) is 4.79 Å². The highest BCUT2D eigenvalue weighted by Gasteiger charge is 2.07. The number of aromatic nitrogens is 1. The van der Waals surface area contributed by atoms with Crippen LogP contribution in [0.3, 0.4) is 0 Å². The summed E-state index contributed by atoms with van der Waals surface area (Å²) in [5.41, 5.74) is 5.27. The molecule has 2 aromatic rings. The molecule has 0 saturated heterocycles. The molecule has 4 heteroatoms. The first-order valence-corrected chi connectivity index (χ1v) is 7.77. The molecule has 0 saturated carbocycles. The number of Topliss-reactive ketones (excluding diaryl/α,β-unsaturated/α-hetero) is 1. The molecule has 0 aliphatic carbocycles. The Balaban J connectivity index is 2.47. The van der Waals surface area contributed by atoms with Crippen LogP contribution in [0.15, 0.2) is 35.3 Å². The summed E-state index contributed by atoms with van der Waals surface area (Å²) in [5, 5.41) is 0. The average molecular weight is 392 g/mol.